The van der Waals surface area contributed by atoms with E-state index in [-0.39, 0.29) is 5.91 Å². The molecule has 1 aromatic heterocycles. The van der Waals surface area contributed by atoms with Crippen molar-refractivity contribution in [3.8, 4) is 0 Å². The number of anilines is 1. The summed E-state index contributed by atoms with van der Waals surface area (Å²) in [5.41, 5.74) is 1.35. The molecule has 0 radical (unpaired) electrons. The molecule has 1 heterocycles. The van der Waals surface area contributed by atoms with E-state index in [0.717, 1.165) is 18.7 Å². The number of nitrogens with zero attached hydrogens (tertiary/aromatic N) is 1. The number of carbonyl (C=O) groups excluding carboxylic acids is 1. The zero-order valence-corrected chi connectivity index (χ0v) is 11.9. The lowest BCUT2D eigenvalue weighted by Crippen LogP contribution is -2.27. The van der Waals surface area contributed by atoms with Crippen LogP contribution < -0.4 is 10.6 Å². The third-order valence-corrected chi connectivity index (χ3v) is 2.64. The Labute approximate surface area is 114 Å². The molecule has 0 fully saturated rings. The molecule has 0 atom stereocenters. The molecular formula is C14H23N3O2. The fourth-order valence-electron chi connectivity index (χ4n) is 1.53. The Hall–Kier alpha value is -1.62. The second-order valence-corrected chi connectivity index (χ2v) is 4.79. The Kier molecular flexibility index (Phi) is 6.89. The van der Waals surface area contributed by atoms with Gasteiger partial charge in [0.05, 0.1) is 6.61 Å². The van der Waals surface area contributed by atoms with Crippen molar-refractivity contribution in [1.29, 1.82) is 0 Å². The van der Waals surface area contributed by atoms with Crippen LogP contribution in [0.15, 0.2) is 18.3 Å². The van der Waals surface area contributed by atoms with Crippen LogP contribution in [-0.4, -0.2) is 37.7 Å². The second-order valence-electron chi connectivity index (χ2n) is 4.79. The molecule has 106 valence electrons. The number of hydrogen-bond acceptors (Lipinski definition) is 4. The minimum atomic E-state index is -0.176. The van der Waals surface area contributed by atoms with Crippen LogP contribution in [0, 0.1) is 5.92 Å². The number of methoxy groups -OCH3 is 1. The molecule has 0 bridgehead atoms. The molecule has 19 heavy (non-hydrogen) atoms. The van der Waals surface area contributed by atoms with E-state index >= 15 is 0 Å². The van der Waals surface area contributed by atoms with Gasteiger partial charge in [-0.3, -0.25) is 9.78 Å². The zero-order chi connectivity index (χ0) is 14.1. The van der Waals surface area contributed by atoms with E-state index in [4.69, 9.17) is 4.74 Å². The van der Waals surface area contributed by atoms with Crippen LogP contribution in [0.25, 0.3) is 0 Å². The van der Waals surface area contributed by atoms with Crippen molar-refractivity contribution < 1.29 is 9.53 Å². The van der Waals surface area contributed by atoms with Crippen LogP contribution in [0.2, 0.25) is 0 Å². The number of amides is 1. The average molecular weight is 265 g/mol. The molecule has 1 rings (SSSR count). The fraction of sp³-hybridized carbons (Fsp3) is 0.571. The number of aromatic nitrogens is 1. The van der Waals surface area contributed by atoms with Crippen molar-refractivity contribution in [1.82, 2.24) is 10.3 Å². The lowest BCUT2D eigenvalue weighted by molar-refractivity contribution is 0.0932. The zero-order valence-electron chi connectivity index (χ0n) is 11.9. The summed E-state index contributed by atoms with van der Waals surface area (Å²) in [6, 6.07) is 3.63. The molecule has 0 unspecified atom stereocenters. The molecule has 2 N–H and O–H groups in total. The third kappa shape index (κ3) is 6.20. The molecule has 0 aliphatic rings. The monoisotopic (exact) mass is 265 g/mol. The number of rotatable bonds is 8. The third-order valence-electron chi connectivity index (χ3n) is 2.64. The summed E-state index contributed by atoms with van der Waals surface area (Å²) in [5, 5.41) is 6.04. The van der Waals surface area contributed by atoms with E-state index in [1.165, 1.54) is 0 Å². The molecule has 5 nitrogen and oxygen atoms in total. The summed E-state index contributed by atoms with van der Waals surface area (Å²) in [7, 11) is 1.60. The van der Waals surface area contributed by atoms with Gasteiger partial charge in [-0.25, -0.2) is 0 Å². The van der Waals surface area contributed by atoms with Gasteiger partial charge < -0.3 is 15.4 Å². The van der Waals surface area contributed by atoms with Gasteiger partial charge in [0.25, 0.3) is 5.91 Å². The van der Waals surface area contributed by atoms with Gasteiger partial charge in [-0.05, 0) is 24.5 Å². The highest BCUT2D eigenvalue weighted by Gasteiger charge is 2.07. The van der Waals surface area contributed by atoms with Crippen LogP contribution in [0.3, 0.4) is 0 Å². The molecule has 1 amide bonds. The van der Waals surface area contributed by atoms with Crippen molar-refractivity contribution in [3.05, 3.63) is 24.0 Å². The van der Waals surface area contributed by atoms with Crippen molar-refractivity contribution in [2.24, 2.45) is 5.92 Å². The molecule has 0 aliphatic carbocycles. The first-order chi connectivity index (χ1) is 9.13. The number of carbonyl (C=O) groups is 1. The number of pyridine rings is 1. The van der Waals surface area contributed by atoms with Crippen molar-refractivity contribution in [2.45, 2.75) is 20.3 Å². The lowest BCUT2D eigenvalue weighted by Gasteiger charge is -2.09. The Morgan fingerprint density at radius 1 is 1.42 bits per heavy atom. The van der Waals surface area contributed by atoms with E-state index in [0.29, 0.717) is 24.8 Å². The Morgan fingerprint density at radius 2 is 2.21 bits per heavy atom. The highest BCUT2D eigenvalue weighted by atomic mass is 16.5. The summed E-state index contributed by atoms with van der Waals surface area (Å²) in [6.45, 7) is 6.25. The first-order valence-corrected chi connectivity index (χ1v) is 6.60. The summed E-state index contributed by atoms with van der Waals surface area (Å²) in [5.74, 6) is 0.482. The first-order valence-electron chi connectivity index (χ1n) is 6.60. The van der Waals surface area contributed by atoms with Crippen LogP contribution in [-0.2, 0) is 4.74 Å². The predicted octanol–water partition coefficient (Wildman–Crippen LogP) is 1.92. The first kappa shape index (κ1) is 15.4. The topological polar surface area (TPSA) is 63.2 Å². The Bertz CT molecular complexity index is 394. The maximum Gasteiger partial charge on any atom is 0.270 e. The minimum absolute atomic E-state index is 0.176. The van der Waals surface area contributed by atoms with E-state index in [9.17, 15) is 4.79 Å². The van der Waals surface area contributed by atoms with Gasteiger partial charge in [-0.2, -0.15) is 0 Å². The summed E-state index contributed by atoms with van der Waals surface area (Å²) < 4.78 is 4.88. The second kappa shape index (κ2) is 8.48. The predicted molar refractivity (Wildman–Crippen MR) is 76.4 cm³/mol. The molecule has 1 aromatic rings. The summed E-state index contributed by atoms with van der Waals surface area (Å²) in [6.07, 6.45) is 2.74. The molecule has 0 spiro atoms. The van der Waals surface area contributed by atoms with Gasteiger partial charge >= 0.3 is 0 Å². The SMILES string of the molecule is COCCNC(=O)c1cc(NCCC(C)C)ccn1. The number of ether oxygens (including phenoxy) is 1. The molecule has 0 aromatic carbocycles. The molecule has 0 saturated carbocycles. The molecular weight excluding hydrogens is 242 g/mol. The molecule has 5 heteroatoms. The van der Waals surface area contributed by atoms with Gasteiger partial charge in [0.1, 0.15) is 5.69 Å². The standard InChI is InChI=1S/C14H23N3O2/c1-11(2)4-6-15-12-5-7-16-13(10-12)14(18)17-8-9-19-3/h5,7,10-11H,4,6,8-9H2,1-3H3,(H,15,16)(H,17,18). The Morgan fingerprint density at radius 3 is 2.89 bits per heavy atom. The maximum atomic E-state index is 11.8. The van der Waals surface area contributed by atoms with Crippen LogP contribution in [0.5, 0.6) is 0 Å². The van der Waals surface area contributed by atoms with E-state index < -0.39 is 0 Å². The number of hydrogen-bond donors (Lipinski definition) is 2. The normalized spacial score (nSPS) is 10.5. The summed E-state index contributed by atoms with van der Waals surface area (Å²) in [4.78, 5) is 15.9. The van der Waals surface area contributed by atoms with Gasteiger partial charge in [0, 0.05) is 32.1 Å². The van der Waals surface area contributed by atoms with E-state index in [2.05, 4.69) is 29.5 Å². The molecule has 0 aliphatic heterocycles. The molecule has 0 saturated heterocycles. The van der Waals surface area contributed by atoms with Gasteiger partial charge in [-0.1, -0.05) is 13.8 Å². The lowest BCUT2D eigenvalue weighted by atomic mass is 10.1. The maximum absolute atomic E-state index is 11.8. The Balaban J connectivity index is 2.48. The van der Waals surface area contributed by atoms with E-state index in [1.54, 1.807) is 19.4 Å². The summed E-state index contributed by atoms with van der Waals surface area (Å²) >= 11 is 0. The van der Waals surface area contributed by atoms with Crippen LogP contribution in [0.1, 0.15) is 30.8 Å². The highest BCUT2D eigenvalue weighted by Crippen LogP contribution is 2.09. The average Bonchev–Trinajstić information content (AvgIpc) is 2.39. The van der Waals surface area contributed by atoms with Crippen LogP contribution in [0.4, 0.5) is 5.69 Å². The van der Waals surface area contributed by atoms with Crippen molar-refractivity contribution >= 4 is 11.6 Å². The minimum Gasteiger partial charge on any atom is -0.385 e. The van der Waals surface area contributed by atoms with E-state index in [1.807, 2.05) is 6.07 Å². The van der Waals surface area contributed by atoms with Gasteiger partial charge in [-0.15, -0.1) is 0 Å². The fourth-order valence-corrected chi connectivity index (χ4v) is 1.53. The number of nitrogens with one attached hydrogen (secondary N) is 2. The smallest absolute Gasteiger partial charge is 0.270 e. The van der Waals surface area contributed by atoms with Crippen molar-refractivity contribution in [3.63, 3.8) is 0 Å². The quantitative estimate of drug-likeness (QED) is 0.705. The van der Waals surface area contributed by atoms with Gasteiger partial charge in [0.2, 0.25) is 0 Å². The van der Waals surface area contributed by atoms with Gasteiger partial charge in [0.15, 0.2) is 0 Å². The largest absolute Gasteiger partial charge is 0.385 e. The van der Waals surface area contributed by atoms with Crippen molar-refractivity contribution in [2.75, 3.05) is 32.1 Å². The van der Waals surface area contributed by atoms with Crippen LogP contribution >= 0.6 is 0 Å². The highest BCUT2D eigenvalue weighted by molar-refractivity contribution is 5.93.